The molecule has 0 aliphatic rings. The van der Waals surface area contributed by atoms with Gasteiger partial charge in [0.25, 0.3) is 5.91 Å². The fourth-order valence-electron chi connectivity index (χ4n) is 1.61. The molecule has 2 aromatic carbocycles. The average Bonchev–Trinajstić information content (AvgIpc) is 2.48. The van der Waals surface area contributed by atoms with Gasteiger partial charge in [-0.1, -0.05) is 35.2 Å². The molecular formula is C16H11Cl2NO2. The minimum Gasteiger partial charge on any atom is -0.482 e. The maximum Gasteiger partial charge on any atom is 0.262 e. The highest BCUT2D eigenvalue weighted by atomic mass is 35.5. The number of ether oxygens (including phenoxy) is 1. The fourth-order valence-corrected chi connectivity index (χ4v) is 1.95. The molecule has 0 aromatic heterocycles. The zero-order valence-electron chi connectivity index (χ0n) is 10.9. The lowest BCUT2D eigenvalue weighted by Crippen LogP contribution is -2.20. The van der Waals surface area contributed by atoms with E-state index in [9.17, 15) is 4.79 Å². The summed E-state index contributed by atoms with van der Waals surface area (Å²) in [6.45, 7) is -0.180. The van der Waals surface area contributed by atoms with Crippen LogP contribution in [0.5, 0.6) is 5.75 Å². The van der Waals surface area contributed by atoms with E-state index in [1.165, 1.54) is 0 Å². The third-order valence-corrected chi connectivity index (χ3v) is 3.11. The second kappa shape index (κ2) is 7.03. The van der Waals surface area contributed by atoms with Crippen molar-refractivity contribution in [1.29, 1.82) is 0 Å². The lowest BCUT2D eigenvalue weighted by atomic mass is 10.2. The molecule has 0 aliphatic carbocycles. The van der Waals surface area contributed by atoms with Crippen LogP contribution in [-0.2, 0) is 4.79 Å². The molecule has 1 N–H and O–H groups in total. The molecular weight excluding hydrogens is 309 g/mol. The predicted octanol–water partition coefficient (Wildman–Crippen LogP) is 3.99. The molecule has 1 amide bonds. The number of rotatable bonds is 4. The van der Waals surface area contributed by atoms with Crippen LogP contribution in [0, 0.1) is 12.3 Å². The van der Waals surface area contributed by atoms with Gasteiger partial charge >= 0.3 is 0 Å². The second-order valence-corrected chi connectivity index (χ2v) is 4.98. The van der Waals surface area contributed by atoms with Crippen LogP contribution in [0.3, 0.4) is 0 Å². The molecule has 2 aromatic rings. The van der Waals surface area contributed by atoms with Crippen molar-refractivity contribution in [2.24, 2.45) is 0 Å². The highest BCUT2D eigenvalue weighted by molar-refractivity contribution is 6.34. The van der Waals surface area contributed by atoms with Crippen molar-refractivity contribution in [3.05, 3.63) is 58.1 Å². The van der Waals surface area contributed by atoms with E-state index in [0.29, 0.717) is 27.0 Å². The predicted molar refractivity (Wildman–Crippen MR) is 85.0 cm³/mol. The molecule has 106 valence electrons. The summed E-state index contributed by atoms with van der Waals surface area (Å²) in [6.07, 6.45) is 5.30. The highest BCUT2D eigenvalue weighted by Gasteiger charge is 2.07. The number of benzene rings is 2. The number of amides is 1. The monoisotopic (exact) mass is 319 g/mol. The van der Waals surface area contributed by atoms with Gasteiger partial charge in [0.2, 0.25) is 0 Å². The summed E-state index contributed by atoms with van der Waals surface area (Å²) < 4.78 is 5.34. The molecule has 0 heterocycles. The molecule has 0 saturated heterocycles. The molecule has 0 aliphatic heterocycles. The molecule has 0 fully saturated rings. The van der Waals surface area contributed by atoms with E-state index >= 15 is 0 Å². The fraction of sp³-hybridized carbons (Fsp3) is 0.0625. The van der Waals surface area contributed by atoms with Crippen LogP contribution >= 0.6 is 23.2 Å². The van der Waals surface area contributed by atoms with Crippen LogP contribution in [0.4, 0.5) is 5.69 Å². The van der Waals surface area contributed by atoms with Crippen molar-refractivity contribution >= 4 is 34.8 Å². The van der Waals surface area contributed by atoms with Crippen LogP contribution < -0.4 is 10.1 Å². The summed E-state index contributed by atoms with van der Waals surface area (Å²) in [4.78, 5) is 11.8. The molecule has 0 radical (unpaired) electrons. The Kier molecular flexibility index (Phi) is 5.10. The lowest BCUT2D eigenvalue weighted by Gasteiger charge is -2.09. The Morgan fingerprint density at radius 2 is 2.05 bits per heavy atom. The van der Waals surface area contributed by atoms with Crippen LogP contribution in [0.15, 0.2) is 42.5 Å². The van der Waals surface area contributed by atoms with Gasteiger partial charge in [0.15, 0.2) is 6.61 Å². The first-order chi connectivity index (χ1) is 10.1. The number of anilines is 1. The van der Waals surface area contributed by atoms with Gasteiger partial charge in [0.1, 0.15) is 5.75 Å². The standard InChI is InChI=1S/C16H11Cl2NO2/c1-2-11-4-3-5-13(8-11)19-16(20)10-21-15-9-12(17)6-7-14(15)18/h1,3-9H,10H2,(H,19,20). The third kappa shape index (κ3) is 4.42. The average molecular weight is 320 g/mol. The largest absolute Gasteiger partial charge is 0.482 e. The summed E-state index contributed by atoms with van der Waals surface area (Å²) in [6, 6.07) is 11.8. The molecule has 2 rings (SSSR count). The molecule has 0 unspecified atom stereocenters. The summed E-state index contributed by atoms with van der Waals surface area (Å²) in [7, 11) is 0. The van der Waals surface area contributed by atoms with Gasteiger partial charge in [-0.05, 0) is 30.3 Å². The maximum absolute atomic E-state index is 11.8. The molecule has 5 heteroatoms. The smallest absolute Gasteiger partial charge is 0.262 e. The van der Waals surface area contributed by atoms with E-state index in [1.54, 1.807) is 42.5 Å². The number of nitrogens with one attached hydrogen (secondary N) is 1. The first-order valence-electron chi connectivity index (χ1n) is 6.03. The SMILES string of the molecule is C#Cc1cccc(NC(=O)COc2cc(Cl)ccc2Cl)c1. The van der Waals surface area contributed by atoms with E-state index < -0.39 is 0 Å². The van der Waals surface area contributed by atoms with Gasteiger partial charge in [-0.15, -0.1) is 6.42 Å². The Hall–Kier alpha value is -2.15. The van der Waals surface area contributed by atoms with Crippen LogP contribution in [0.1, 0.15) is 5.56 Å². The lowest BCUT2D eigenvalue weighted by molar-refractivity contribution is -0.118. The first kappa shape index (κ1) is 15.2. The number of carbonyl (C=O) groups excluding carboxylic acids is 1. The molecule has 0 atom stereocenters. The zero-order valence-corrected chi connectivity index (χ0v) is 12.4. The Morgan fingerprint density at radius 3 is 2.81 bits per heavy atom. The van der Waals surface area contributed by atoms with Crippen molar-refractivity contribution in [3.63, 3.8) is 0 Å². The van der Waals surface area contributed by atoms with Crippen molar-refractivity contribution in [2.75, 3.05) is 11.9 Å². The van der Waals surface area contributed by atoms with Crippen molar-refractivity contribution in [2.45, 2.75) is 0 Å². The third-order valence-electron chi connectivity index (χ3n) is 2.57. The first-order valence-corrected chi connectivity index (χ1v) is 6.78. The minimum atomic E-state index is -0.319. The van der Waals surface area contributed by atoms with Crippen LogP contribution in [0.25, 0.3) is 0 Å². The van der Waals surface area contributed by atoms with E-state index in [1.807, 2.05) is 0 Å². The Balaban J connectivity index is 1.96. The van der Waals surface area contributed by atoms with E-state index in [4.69, 9.17) is 34.4 Å². The summed E-state index contributed by atoms with van der Waals surface area (Å²) in [5.41, 5.74) is 1.29. The summed E-state index contributed by atoms with van der Waals surface area (Å²) in [5, 5.41) is 3.56. The number of hydrogen-bond donors (Lipinski definition) is 1. The van der Waals surface area contributed by atoms with Gasteiger partial charge in [-0.2, -0.15) is 0 Å². The van der Waals surface area contributed by atoms with Gasteiger partial charge in [-0.3, -0.25) is 4.79 Å². The Morgan fingerprint density at radius 1 is 1.24 bits per heavy atom. The number of hydrogen-bond acceptors (Lipinski definition) is 2. The van der Waals surface area contributed by atoms with Crippen LogP contribution in [0.2, 0.25) is 10.0 Å². The topological polar surface area (TPSA) is 38.3 Å². The van der Waals surface area contributed by atoms with Gasteiger partial charge in [-0.25, -0.2) is 0 Å². The number of terminal acetylenes is 1. The molecule has 0 bridgehead atoms. The highest BCUT2D eigenvalue weighted by Crippen LogP contribution is 2.27. The number of halogens is 2. The quantitative estimate of drug-likeness (QED) is 0.865. The zero-order chi connectivity index (χ0) is 15.2. The van der Waals surface area contributed by atoms with E-state index in [2.05, 4.69) is 11.2 Å². The Labute approximate surface area is 132 Å². The normalized spacial score (nSPS) is 9.76. The number of carbonyl (C=O) groups is 1. The minimum absolute atomic E-state index is 0.180. The molecule has 0 spiro atoms. The van der Waals surface area contributed by atoms with Gasteiger partial charge < -0.3 is 10.1 Å². The second-order valence-electron chi connectivity index (χ2n) is 4.14. The molecule has 3 nitrogen and oxygen atoms in total. The van der Waals surface area contributed by atoms with Crippen molar-refractivity contribution in [1.82, 2.24) is 0 Å². The molecule has 21 heavy (non-hydrogen) atoms. The van der Waals surface area contributed by atoms with Crippen molar-refractivity contribution in [3.8, 4) is 18.1 Å². The maximum atomic E-state index is 11.8. The van der Waals surface area contributed by atoms with E-state index in [-0.39, 0.29) is 12.5 Å². The summed E-state index contributed by atoms with van der Waals surface area (Å²) in [5.74, 6) is 2.54. The Bertz CT molecular complexity index is 708. The van der Waals surface area contributed by atoms with Gasteiger partial charge in [0, 0.05) is 22.3 Å². The molecule has 0 saturated carbocycles. The van der Waals surface area contributed by atoms with E-state index in [0.717, 1.165) is 0 Å². The van der Waals surface area contributed by atoms with Crippen molar-refractivity contribution < 1.29 is 9.53 Å². The van der Waals surface area contributed by atoms with Gasteiger partial charge in [0.05, 0.1) is 5.02 Å². The summed E-state index contributed by atoms with van der Waals surface area (Å²) >= 11 is 11.8. The van der Waals surface area contributed by atoms with Crippen LogP contribution in [-0.4, -0.2) is 12.5 Å².